The minimum absolute atomic E-state index is 0. The average molecular weight is 168 g/mol. The Balaban J connectivity index is 0.000000810. The molecule has 0 saturated carbocycles. The zero-order valence-corrected chi connectivity index (χ0v) is 4.01. The zero-order valence-electron chi connectivity index (χ0n) is 4.01. The minimum atomic E-state index is -0.929. The topological polar surface area (TPSA) is 97.3 Å². The van der Waals surface area contributed by atoms with Crippen LogP contribution < -0.4 is 0 Å². The first-order valence-electron chi connectivity index (χ1n) is 1.89. The quantitative estimate of drug-likeness (QED) is 0.278. The Kier molecular flexibility index (Phi) is 3.97. The second kappa shape index (κ2) is 3.98. The molecule has 0 atom stereocenters. The molecule has 8 heteroatoms. The molecular formula is C2HKN4O3. The van der Waals surface area contributed by atoms with Gasteiger partial charge in [0, 0.05) is 10.1 Å². The Bertz CT molecular complexity index is 233. The van der Waals surface area contributed by atoms with Crippen molar-refractivity contribution < 1.29 is 9.72 Å². The molecule has 0 radical (unpaired) electrons. The maximum absolute atomic E-state index is 10.0. The van der Waals surface area contributed by atoms with Crippen LogP contribution in [0.2, 0.25) is 0 Å². The number of hydrogen-bond donors (Lipinski definition) is 0. The second-order valence-electron chi connectivity index (χ2n) is 1.15. The predicted octanol–water partition coefficient (Wildman–Crippen LogP) is -0.444. The average Bonchev–Trinajstić information content (AvgIpc) is 2.14. The first kappa shape index (κ1) is 9.98. The fraction of sp³-hybridized carbons (Fsp3) is 0. The van der Waals surface area contributed by atoms with Gasteiger partial charge in [-0.05, 0) is 4.92 Å². The molecule has 0 N–H and O–H groups in total. The number of aliphatic imine (C=N–C) groups is 1. The van der Waals surface area contributed by atoms with Gasteiger partial charge in [-0.1, -0.05) is 0 Å². The van der Waals surface area contributed by atoms with Crippen LogP contribution in [0.25, 0.3) is 0 Å². The summed E-state index contributed by atoms with van der Waals surface area (Å²) in [5, 5.41) is 15.3. The SMILES string of the molecule is O=C1N=NC([N+](=O)[O-])=N1.[KH]. The van der Waals surface area contributed by atoms with Crippen LogP contribution in [-0.2, 0) is 0 Å². The maximum atomic E-state index is 10.0. The van der Waals surface area contributed by atoms with E-state index in [0.29, 0.717) is 0 Å². The van der Waals surface area contributed by atoms with E-state index in [1.54, 1.807) is 0 Å². The summed E-state index contributed by atoms with van der Waals surface area (Å²) in [6, 6.07) is -0.929. The Morgan fingerprint density at radius 3 is 2.20 bits per heavy atom. The Morgan fingerprint density at radius 2 is 2.00 bits per heavy atom. The number of hydrogen-bond acceptors (Lipinski definition) is 4. The number of nitrogens with zero attached hydrogens (tertiary/aromatic N) is 4. The molecule has 1 heterocycles. The fourth-order valence-electron chi connectivity index (χ4n) is 0.295. The van der Waals surface area contributed by atoms with E-state index in [1.165, 1.54) is 0 Å². The van der Waals surface area contributed by atoms with Crippen molar-refractivity contribution in [3.05, 3.63) is 10.1 Å². The van der Waals surface area contributed by atoms with Crippen LogP contribution in [0.4, 0.5) is 4.79 Å². The summed E-state index contributed by atoms with van der Waals surface area (Å²) in [4.78, 5) is 21.7. The molecule has 2 amide bonds. The Labute approximate surface area is 97.2 Å². The summed E-state index contributed by atoms with van der Waals surface area (Å²) in [5.41, 5.74) is 0. The number of nitro groups is 1. The molecular weight excluding hydrogens is 167 g/mol. The molecule has 1 aliphatic heterocycles. The number of carbonyl (C=O) groups is 1. The van der Waals surface area contributed by atoms with E-state index in [0.717, 1.165) is 0 Å². The molecule has 1 aliphatic rings. The van der Waals surface area contributed by atoms with Crippen molar-refractivity contribution in [3.63, 3.8) is 0 Å². The first-order chi connectivity index (χ1) is 4.20. The van der Waals surface area contributed by atoms with E-state index in [2.05, 4.69) is 15.2 Å². The van der Waals surface area contributed by atoms with Crippen molar-refractivity contribution in [2.24, 2.45) is 15.2 Å². The molecule has 0 aliphatic carbocycles. The van der Waals surface area contributed by atoms with Gasteiger partial charge in [0.05, 0.1) is 5.11 Å². The van der Waals surface area contributed by atoms with E-state index in [9.17, 15) is 14.9 Å². The number of urea groups is 1. The van der Waals surface area contributed by atoms with Crippen molar-refractivity contribution in [1.29, 1.82) is 0 Å². The van der Waals surface area contributed by atoms with E-state index in [-0.39, 0.29) is 51.4 Å². The Hall–Kier alpha value is -0.0236. The number of rotatable bonds is 0. The number of azo groups is 1. The first-order valence-corrected chi connectivity index (χ1v) is 1.89. The monoisotopic (exact) mass is 168 g/mol. The van der Waals surface area contributed by atoms with Crippen molar-refractivity contribution in [2.75, 3.05) is 0 Å². The third kappa shape index (κ3) is 2.31. The summed E-state index contributed by atoms with van der Waals surface area (Å²) in [6.07, 6.45) is 0. The summed E-state index contributed by atoms with van der Waals surface area (Å²) in [7, 11) is 0. The molecule has 1 rings (SSSR count). The zero-order chi connectivity index (χ0) is 6.85. The van der Waals surface area contributed by atoms with Gasteiger partial charge in [-0.25, -0.2) is 4.79 Å². The molecule has 0 bridgehead atoms. The van der Waals surface area contributed by atoms with Crippen LogP contribution in [0.5, 0.6) is 0 Å². The summed E-state index contributed by atoms with van der Waals surface area (Å²) in [6.45, 7) is 0. The second-order valence-corrected chi connectivity index (χ2v) is 1.15. The molecule has 0 aromatic carbocycles. The molecule has 0 spiro atoms. The van der Waals surface area contributed by atoms with Gasteiger partial charge >= 0.3 is 63.4 Å². The van der Waals surface area contributed by atoms with Crippen molar-refractivity contribution >= 4 is 63.4 Å². The van der Waals surface area contributed by atoms with Crippen LogP contribution in [0.1, 0.15) is 0 Å². The number of amides is 2. The number of carbonyl (C=O) groups excluding carboxylic acids is 1. The molecule has 48 valence electrons. The van der Waals surface area contributed by atoms with Crippen molar-refractivity contribution in [2.45, 2.75) is 0 Å². The molecule has 0 fully saturated rings. The normalized spacial score (nSPS) is 14.4. The third-order valence-corrected chi connectivity index (χ3v) is 0.584. The van der Waals surface area contributed by atoms with Gasteiger partial charge in [-0.3, -0.25) is 0 Å². The van der Waals surface area contributed by atoms with E-state index < -0.39 is 16.9 Å². The van der Waals surface area contributed by atoms with Crippen LogP contribution in [-0.4, -0.2) is 68.3 Å². The van der Waals surface area contributed by atoms with E-state index >= 15 is 0 Å². The van der Waals surface area contributed by atoms with Crippen LogP contribution in [0.15, 0.2) is 15.2 Å². The molecule has 0 unspecified atom stereocenters. The van der Waals surface area contributed by atoms with Gasteiger partial charge < -0.3 is 10.1 Å². The fourth-order valence-corrected chi connectivity index (χ4v) is 0.295. The van der Waals surface area contributed by atoms with E-state index in [4.69, 9.17) is 0 Å². The van der Waals surface area contributed by atoms with Gasteiger partial charge in [0.15, 0.2) is 0 Å². The summed E-state index contributed by atoms with van der Waals surface area (Å²) in [5.74, 6) is -0.750. The summed E-state index contributed by atoms with van der Waals surface area (Å²) < 4.78 is 0. The molecule has 0 saturated heterocycles. The van der Waals surface area contributed by atoms with Gasteiger partial charge in [0.1, 0.15) is 0 Å². The van der Waals surface area contributed by atoms with Gasteiger partial charge in [0.25, 0.3) is 0 Å². The molecule has 7 nitrogen and oxygen atoms in total. The van der Waals surface area contributed by atoms with Gasteiger partial charge in [-0.2, -0.15) is 0 Å². The third-order valence-electron chi connectivity index (χ3n) is 0.584. The van der Waals surface area contributed by atoms with Crippen LogP contribution >= 0.6 is 0 Å². The van der Waals surface area contributed by atoms with E-state index in [1.807, 2.05) is 0 Å². The van der Waals surface area contributed by atoms with Crippen molar-refractivity contribution in [1.82, 2.24) is 0 Å². The predicted molar refractivity (Wildman–Crippen MR) is 31.8 cm³/mol. The van der Waals surface area contributed by atoms with Crippen LogP contribution in [0.3, 0.4) is 0 Å². The summed E-state index contributed by atoms with van der Waals surface area (Å²) >= 11 is 0. The Morgan fingerprint density at radius 1 is 1.40 bits per heavy atom. The standard InChI is InChI=1S/C2N4O3.K.H/c7-2-3-1(4-5-2)6(8)9;;. The molecule has 10 heavy (non-hydrogen) atoms. The molecule has 0 aromatic heterocycles. The van der Waals surface area contributed by atoms with Gasteiger partial charge in [0.2, 0.25) is 0 Å². The molecule has 0 aromatic rings. The van der Waals surface area contributed by atoms with Crippen LogP contribution in [0, 0.1) is 10.1 Å². The van der Waals surface area contributed by atoms with Gasteiger partial charge in [-0.15, -0.1) is 0 Å². The van der Waals surface area contributed by atoms with Crippen molar-refractivity contribution in [3.8, 4) is 0 Å². The number of guanidine groups is 1.